The lowest BCUT2D eigenvalue weighted by molar-refractivity contribution is -0.126. The Morgan fingerprint density at radius 1 is 1.38 bits per heavy atom. The molecule has 0 fully saturated rings. The van der Waals surface area contributed by atoms with E-state index in [0.717, 1.165) is 6.54 Å². The van der Waals surface area contributed by atoms with E-state index in [4.69, 9.17) is 11.6 Å². The molecular weight excluding hydrogens is 188 g/mol. The Morgan fingerprint density at radius 2 is 1.92 bits per heavy atom. The Bertz CT molecular complexity index is 192. The third-order valence-corrected chi connectivity index (χ3v) is 1.90. The fraction of sp³-hybridized carbons (Fsp3) is 0.667. The van der Waals surface area contributed by atoms with Gasteiger partial charge in [0.15, 0.2) is 0 Å². The molecule has 0 aliphatic heterocycles. The number of alkyl halides is 1. The van der Waals surface area contributed by atoms with Crippen LogP contribution in [0, 0.1) is 0 Å². The fourth-order valence-electron chi connectivity index (χ4n) is 0.806. The van der Waals surface area contributed by atoms with Crippen molar-refractivity contribution in [3.63, 3.8) is 0 Å². The highest BCUT2D eigenvalue weighted by Gasteiger charge is 2.12. The molecule has 0 rings (SSSR count). The minimum Gasteiger partial charge on any atom is -0.324 e. The van der Waals surface area contributed by atoms with Crippen molar-refractivity contribution < 1.29 is 4.79 Å². The van der Waals surface area contributed by atoms with Crippen molar-refractivity contribution in [2.24, 2.45) is 0 Å². The maximum Gasteiger partial charge on any atom is 0.249 e. The van der Waals surface area contributed by atoms with Gasteiger partial charge in [0.05, 0.1) is 6.00 Å². The fourth-order valence-corrected chi connectivity index (χ4v) is 1.03. The first kappa shape index (κ1) is 12.5. The Labute approximate surface area is 85.0 Å². The number of hydrogen-bond donors (Lipinski definition) is 0. The predicted octanol–water partition coefficient (Wildman–Crippen LogP) is 1.15. The van der Waals surface area contributed by atoms with Crippen molar-refractivity contribution >= 4 is 17.5 Å². The molecule has 76 valence electrons. The van der Waals surface area contributed by atoms with Gasteiger partial charge in [0.2, 0.25) is 5.91 Å². The van der Waals surface area contributed by atoms with E-state index in [2.05, 4.69) is 6.58 Å². The van der Waals surface area contributed by atoms with Crippen LogP contribution in [0.4, 0.5) is 0 Å². The molecule has 0 aromatic carbocycles. The summed E-state index contributed by atoms with van der Waals surface area (Å²) >= 11 is 5.64. The Kier molecular flexibility index (Phi) is 5.75. The molecule has 0 radical (unpaired) electrons. The van der Waals surface area contributed by atoms with Gasteiger partial charge in [0.1, 0.15) is 0 Å². The Balaban J connectivity index is 4.03. The molecule has 0 saturated heterocycles. The second-order valence-corrected chi connectivity index (χ2v) is 3.51. The van der Waals surface area contributed by atoms with Gasteiger partial charge in [0.25, 0.3) is 0 Å². The minimum atomic E-state index is -0.0724. The van der Waals surface area contributed by atoms with Gasteiger partial charge in [-0.15, -0.1) is 11.6 Å². The molecule has 0 N–H and O–H groups in total. The van der Waals surface area contributed by atoms with Crippen LogP contribution < -0.4 is 0 Å². The molecule has 0 heterocycles. The highest BCUT2D eigenvalue weighted by Crippen LogP contribution is 2.00. The molecule has 1 amide bonds. The number of rotatable bonds is 5. The zero-order valence-corrected chi connectivity index (χ0v) is 9.26. The molecule has 0 aliphatic rings. The molecule has 3 nitrogen and oxygen atoms in total. The van der Waals surface area contributed by atoms with Crippen molar-refractivity contribution in [2.45, 2.75) is 6.92 Å². The average molecular weight is 205 g/mol. The molecule has 0 aliphatic carbocycles. The van der Waals surface area contributed by atoms with E-state index in [1.807, 2.05) is 19.0 Å². The van der Waals surface area contributed by atoms with Gasteiger partial charge in [-0.05, 0) is 21.0 Å². The summed E-state index contributed by atoms with van der Waals surface area (Å²) < 4.78 is 0. The van der Waals surface area contributed by atoms with E-state index in [1.54, 1.807) is 11.8 Å². The van der Waals surface area contributed by atoms with Gasteiger partial charge in [0, 0.05) is 18.7 Å². The zero-order valence-electron chi connectivity index (χ0n) is 8.51. The number of hydrogen-bond acceptors (Lipinski definition) is 2. The number of carbonyl (C=O) groups is 1. The first-order chi connectivity index (χ1) is 5.99. The Hall–Kier alpha value is -0.540. The molecule has 4 heteroatoms. The van der Waals surface area contributed by atoms with Crippen LogP contribution in [0.3, 0.4) is 0 Å². The average Bonchev–Trinajstić information content (AvgIpc) is 2.04. The van der Waals surface area contributed by atoms with Crippen molar-refractivity contribution in [1.82, 2.24) is 9.80 Å². The quantitative estimate of drug-likeness (QED) is 0.381. The van der Waals surface area contributed by atoms with Crippen molar-refractivity contribution in [3.8, 4) is 0 Å². The molecule has 0 aromatic heterocycles. The van der Waals surface area contributed by atoms with Crippen LogP contribution >= 0.6 is 11.6 Å². The van der Waals surface area contributed by atoms with Gasteiger partial charge >= 0.3 is 0 Å². The van der Waals surface area contributed by atoms with Crippen LogP contribution in [-0.2, 0) is 4.79 Å². The second kappa shape index (κ2) is 6.00. The van der Waals surface area contributed by atoms with Crippen molar-refractivity contribution in [3.05, 3.63) is 12.2 Å². The van der Waals surface area contributed by atoms with Crippen LogP contribution in [0.2, 0.25) is 0 Å². The van der Waals surface area contributed by atoms with Crippen molar-refractivity contribution in [1.29, 1.82) is 0 Å². The summed E-state index contributed by atoms with van der Waals surface area (Å²) in [6.45, 7) is 6.73. The molecule has 0 saturated carbocycles. The summed E-state index contributed by atoms with van der Waals surface area (Å²) in [6, 6.07) is 0.222. The molecular formula is C9H17ClN2O. The smallest absolute Gasteiger partial charge is 0.249 e. The third-order valence-electron chi connectivity index (χ3n) is 1.61. The maximum absolute atomic E-state index is 11.4. The lowest BCUT2D eigenvalue weighted by Crippen LogP contribution is -2.36. The topological polar surface area (TPSA) is 23.6 Å². The van der Waals surface area contributed by atoms with E-state index in [-0.39, 0.29) is 11.9 Å². The van der Waals surface area contributed by atoms with Crippen LogP contribution in [-0.4, -0.2) is 48.9 Å². The van der Waals surface area contributed by atoms with E-state index < -0.39 is 0 Å². The third kappa shape index (κ3) is 4.90. The van der Waals surface area contributed by atoms with E-state index in [0.29, 0.717) is 12.1 Å². The number of likely N-dealkylation sites (N-methyl/N-ethyl adjacent to an activating group) is 1. The predicted molar refractivity (Wildman–Crippen MR) is 55.8 cm³/mol. The van der Waals surface area contributed by atoms with E-state index >= 15 is 0 Å². The van der Waals surface area contributed by atoms with Gasteiger partial charge in [-0.1, -0.05) is 6.58 Å². The number of carbonyl (C=O) groups excluding carboxylic acids is 1. The van der Waals surface area contributed by atoms with Crippen LogP contribution in [0.15, 0.2) is 12.2 Å². The van der Waals surface area contributed by atoms with Crippen LogP contribution in [0.1, 0.15) is 6.92 Å². The highest BCUT2D eigenvalue weighted by atomic mass is 35.5. The zero-order chi connectivity index (χ0) is 10.4. The molecule has 13 heavy (non-hydrogen) atoms. The second-order valence-electron chi connectivity index (χ2n) is 3.27. The number of nitrogens with zero attached hydrogens (tertiary/aromatic N) is 2. The van der Waals surface area contributed by atoms with E-state index in [9.17, 15) is 4.79 Å². The monoisotopic (exact) mass is 204 g/mol. The largest absolute Gasteiger partial charge is 0.324 e. The standard InChI is InChI=1S/C9H17ClN2O/c1-8(2)9(13)12(7-10)6-5-11(3)4/h1,5-7H2,2-4H3. The van der Waals surface area contributed by atoms with Crippen LogP contribution in [0.25, 0.3) is 0 Å². The molecule has 0 unspecified atom stereocenters. The van der Waals surface area contributed by atoms with Gasteiger partial charge in [-0.3, -0.25) is 4.79 Å². The van der Waals surface area contributed by atoms with Gasteiger partial charge in [-0.2, -0.15) is 0 Å². The lowest BCUT2D eigenvalue weighted by atomic mass is 10.3. The first-order valence-corrected chi connectivity index (χ1v) is 4.68. The summed E-state index contributed by atoms with van der Waals surface area (Å²) in [4.78, 5) is 15.0. The van der Waals surface area contributed by atoms with Crippen molar-refractivity contribution in [2.75, 3.05) is 33.2 Å². The Morgan fingerprint density at radius 3 is 2.23 bits per heavy atom. The van der Waals surface area contributed by atoms with Crippen LogP contribution in [0.5, 0.6) is 0 Å². The number of amides is 1. The van der Waals surface area contributed by atoms with Gasteiger partial charge < -0.3 is 9.80 Å². The first-order valence-electron chi connectivity index (χ1n) is 4.14. The minimum absolute atomic E-state index is 0.0724. The molecule has 0 aromatic rings. The normalized spacial score (nSPS) is 10.2. The molecule has 0 spiro atoms. The summed E-state index contributed by atoms with van der Waals surface area (Å²) in [6.07, 6.45) is 0. The summed E-state index contributed by atoms with van der Waals surface area (Å²) in [5.41, 5.74) is 0.527. The maximum atomic E-state index is 11.4. The summed E-state index contributed by atoms with van der Waals surface area (Å²) in [7, 11) is 3.91. The SMILES string of the molecule is C=C(C)C(=O)N(CCl)CCN(C)C. The summed E-state index contributed by atoms with van der Waals surface area (Å²) in [5, 5.41) is 0. The summed E-state index contributed by atoms with van der Waals surface area (Å²) in [5.74, 6) is -0.0724. The highest BCUT2D eigenvalue weighted by molar-refractivity contribution is 6.18. The van der Waals surface area contributed by atoms with E-state index in [1.165, 1.54) is 0 Å². The molecule has 0 atom stereocenters. The molecule has 0 bridgehead atoms. The van der Waals surface area contributed by atoms with Gasteiger partial charge in [-0.25, -0.2) is 0 Å². The number of halogens is 1. The lowest BCUT2D eigenvalue weighted by Gasteiger charge is -2.21.